The lowest BCUT2D eigenvalue weighted by Gasteiger charge is -2.38. The summed E-state index contributed by atoms with van der Waals surface area (Å²) in [5.74, 6) is -2.29. The van der Waals surface area contributed by atoms with Crippen LogP contribution in [0.3, 0.4) is 0 Å². The number of allylic oxidation sites excluding steroid dienone is 1. The molecule has 43 heavy (non-hydrogen) atoms. The van der Waals surface area contributed by atoms with Crippen molar-refractivity contribution in [1.29, 1.82) is 0 Å². The molecular weight excluding hydrogens is 550 g/mol. The molecule has 4 saturated heterocycles. The second kappa shape index (κ2) is 15.1. The van der Waals surface area contributed by atoms with E-state index in [9.17, 15) is 19.5 Å². The van der Waals surface area contributed by atoms with Crippen LogP contribution in [0.15, 0.2) is 25.3 Å². The molecule has 6 atom stereocenters. The molecule has 242 valence electrons. The van der Waals surface area contributed by atoms with E-state index in [0.717, 1.165) is 45.2 Å². The van der Waals surface area contributed by atoms with E-state index in [4.69, 9.17) is 14.2 Å². The molecule has 2 bridgehead atoms. The van der Waals surface area contributed by atoms with Crippen molar-refractivity contribution >= 4 is 17.8 Å². The maximum Gasteiger partial charge on any atom is 0.312 e. The summed E-state index contributed by atoms with van der Waals surface area (Å²) < 4.78 is 18.1. The highest BCUT2D eigenvalue weighted by Crippen LogP contribution is 2.65. The number of fused-ring (bicyclic) bond motifs is 1. The van der Waals surface area contributed by atoms with Gasteiger partial charge in [-0.05, 0) is 51.4 Å². The van der Waals surface area contributed by atoms with Crippen LogP contribution in [-0.4, -0.2) is 121 Å². The van der Waals surface area contributed by atoms with Crippen molar-refractivity contribution in [2.45, 2.75) is 82.5 Å². The summed E-state index contributed by atoms with van der Waals surface area (Å²) in [6.45, 7) is 17.0. The van der Waals surface area contributed by atoms with Crippen molar-refractivity contribution in [2.75, 3.05) is 65.7 Å². The van der Waals surface area contributed by atoms with Gasteiger partial charge in [-0.15, -0.1) is 13.2 Å². The van der Waals surface area contributed by atoms with Gasteiger partial charge in [-0.1, -0.05) is 31.9 Å². The summed E-state index contributed by atoms with van der Waals surface area (Å²) in [6.07, 6.45) is 9.66. The van der Waals surface area contributed by atoms with E-state index in [2.05, 4.69) is 25.0 Å². The zero-order valence-electron chi connectivity index (χ0n) is 26.3. The first-order valence-electron chi connectivity index (χ1n) is 16.3. The second-order valence-electron chi connectivity index (χ2n) is 12.9. The highest BCUT2D eigenvalue weighted by molar-refractivity contribution is 5.98. The third kappa shape index (κ3) is 6.87. The number of rotatable bonds is 18. The van der Waals surface area contributed by atoms with Gasteiger partial charge in [0.2, 0.25) is 11.8 Å². The first-order valence-corrected chi connectivity index (χ1v) is 16.3. The van der Waals surface area contributed by atoms with Crippen molar-refractivity contribution in [3.63, 3.8) is 0 Å². The van der Waals surface area contributed by atoms with Crippen LogP contribution in [-0.2, 0) is 28.6 Å². The Labute approximate surface area is 257 Å². The monoisotopic (exact) mass is 603 g/mol. The lowest BCUT2D eigenvalue weighted by molar-refractivity contribution is -0.162. The molecule has 10 nitrogen and oxygen atoms in total. The van der Waals surface area contributed by atoms with E-state index in [-0.39, 0.29) is 30.9 Å². The average molecular weight is 604 g/mol. The number of amides is 2. The molecule has 4 rings (SSSR count). The molecule has 0 radical (unpaired) electrons. The van der Waals surface area contributed by atoms with Crippen molar-refractivity contribution in [2.24, 2.45) is 17.8 Å². The molecule has 0 aromatic carbocycles. The number of hydrogen-bond acceptors (Lipinski definition) is 8. The zero-order valence-corrected chi connectivity index (χ0v) is 26.3. The van der Waals surface area contributed by atoms with E-state index >= 15 is 0 Å². The Kier molecular flexibility index (Phi) is 11.8. The van der Waals surface area contributed by atoms with Crippen LogP contribution < -0.4 is 0 Å². The van der Waals surface area contributed by atoms with Crippen LogP contribution in [0.1, 0.15) is 65.2 Å². The fourth-order valence-corrected chi connectivity index (χ4v) is 7.72. The maximum atomic E-state index is 14.6. The first kappa shape index (κ1) is 33.6. The minimum atomic E-state index is -1.08. The molecule has 1 N–H and O–H groups in total. The Bertz CT molecular complexity index is 1000. The number of nitrogens with zero attached hydrogens (tertiary/aromatic N) is 3. The fraction of sp³-hybridized carbons (Fsp3) is 0.788. The predicted octanol–water partition coefficient (Wildman–Crippen LogP) is 2.80. The summed E-state index contributed by atoms with van der Waals surface area (Å²) in [5, 5.41) is 9.21. The van der Waals surface area contributed by atoms with Gasteiger partial charge in [0.05, 0.1) is 31.3 Å². The fourth-order valence-electron chi connectivity index (χ4n) is 7.72. The normalized spacial score (nSPS) is 31.7. The Morgan fingerprint density at radius 3 is 2.53 bits per heavy atom. The van der Waals surface area contributed by atoms with Gasteiger partial charge in [-0.25, -0.2) is 0 Å². The summed E-state index contributed by atoms with van der Waals surface area (Å²) in [6, 6.07) is -0.817. The van der Waals surface area contributed by atoms with Gasteiger partial charge in [0.15, 0.2) is 0 Å². The van der Waals surface area contributed by atoms with Crippen LogP contribution >= 0.6 is 0 Å². The number of ether oxygens (including phenoxy) is 3. The molecule has 4 heterocycles. The largest absolute Gasteiger partial charge is 0.465 e. The molecule has 0 aromatic heterocycles. The number of aliphatic hydroxyl groups excluding tert-OH is 1. The number of hydrogen-bond donors (Lipinski definition) is 1. The first-order chi connectivity index (χ1) is 20.7. The van der Waals surface area contributed by atoms with Crippen molar-refractivity contribution in [3.05, 3.63) is 25.3 Å². The molecular formula is C33H53N3O7. The van der Waals surface area contributed by atoms with Crippen LogP contribution in [0.2, 0.25) is 0 Å². The molecule has 0 aromatic rings. The van der Waals surface area contributed by atoms with Gasteiger partial charge in [-0.3, -0.25) is 19.3 Å². The molecule has 0 aliphatic carbocycles. The van der Waals surface area contributed by atoms with Gasteiger partial charge in [0.1, 0.15) is 17.6 Å². The van der Waals surface area contributed by atoms with Gasteiger partial charge in [0, 0.05) is 45.9 Å². The van der Waals surface area contributed by atoms with E-state index in [1.54, 1.807) is 15.9 Å². The third-order valence-corrected chi connectivity index (χ3v) is 10.1. The number of unbranched alkanes of at least 4 members (excludes halogenated alkanes) is 5. The summed E-state index contributed by atoms with van der Waals surface area (Å²) in [4.78, 5) is 48.4. The van der Waals surface area contributed by atoms with Crippen LogP contribution in [0, 0.1) is 17.8 Å². The summed E-state index contributed by atoms with van der Waals surface area (Å²) >= 11 is 0. The highest BCUT2D eigenvalue weighted by atomic mass is 16.6. The lowest BCUT2D eigenvalue weighted by Crippen LogP contribution is -2.57. The number of morpholine rings is 1. The van der Waals surface area contributed by atoms with E-state index < -0.39 is 35.0 Å². The average Bonchev–Trinajstić information content (AvgIpc) is 3.51. The standard InChI is InChI=1S/C33H53N3O7/c1-5-7-8-13-21-42-31(40)27-26-29(38)36(15-11-9-10-12-20-37)28(33(26)24-25(3)32(27,4)43-33)30(39)35(14-6-2)17-16-34-18-22-41-23-19-34/h5-6,25-28,37H,1-2,7-24H2,3-4H3/t25?,26-,27+,28?,32-,33?/m0/s1. The van der Waals surface area contributed by atoms with Crippen molar-refractivity contribution < 1.29 is 33.7 Å². The second-order valence-corrected chi connectivity index (χ2v) is 12.9. The molecule has 10 heteroatoms. The zero-order chi connectivity index (χ0) is 31.0. The van der Waals surface area contributed by atoms with Crippen LogP contribution in [0.5, 0.6) is 0 Å². The Balaban J connectivity index is 1.60. The molecule has 3 unspecified atom stereocenters. The van der Waals surface area contributed by atoms with Crippen molar-refractivity contribution in [3.8, 4) is 0 Å². The molecule has 4 aliphatic heterocycles. The van der Waals surface area contributed by atoms with E-state index in [1.165, 1.54) is 0 Å². The molecule has 4 fully saturated rings. The lowest BCUT2D eigenvalue weighted by atomic mass is 9.62. The third-order valence-electron chi connectivity index (χ3n) is 10.1. The minimum absolute atomic E-state index is 0.0316. The Morgan fingerprint density at radius 2 is 1.84 bits per heavy atom. The Hall–Kier alpha value is -2.27. The quantitative estimate of drug-likeness (QED) is 0.145. The van der Waals surface area contributed by atoms with Crippen LogP contribution in [0.4, 0.5) is 0 Å². The predicted molar refractivity (Wildman–Crippen MR) is 163 cm³/mol. The molecule has 1 spiro atoms. The van der Waals surface area contributed by atoms with Gasteiger partial charge in [-0.2, -0.15) is 0 Å². The summed E-state index contributed by atoms with van der Waals surface area (Å²) in [5.41, 5.74) is -1.97. The molecule has 0 saturated carbocycles. The smallest absolute Gasteiger partial charge is 0.312 e. The number of carbonyl (C=O) groups excluding carboxylic acids is 3. The van der Waals surface area contributed by atoms with E-state index in [0.29, 0.717) is 58.7 Å². The van der Waals surface area contributed by atoms with Gasteiger partial charge < -0.3 is 29.1 Å². The number of esters is 1. The van der Waals surface area contributed by atoms with Gasteiger partial charge in [0.25, 0.3) is 0 Å². The summed E-state index contributed by atoms with van der Waals surface area (Å²) in [7, 11) is 0. The molecule has 2 amide bonds. The van der Waals surface area contributed by atoms with Crippen molar-refractivity contribution in [1.82, 2.24) is 14.7 Å². The highest BCUT2D eigenvalue weighted by Gasteiger charge is 2.80. The Morgan fingerprint density at radius 1 is 1.09 bits per heavy atom. The number of carbonyl (C=O) groups is 3. The molecule has 4 aliphatic rings. The topological polar surface area (TPSA) is 109 Å². The SMILES string of the molecule is C=CCCCCOC(=O)[C@H]1[C@H]2C(=O)N(CCCCCCO)C(C(=O)N(CC=C)CCN3CCOCC3)C23CC(C)[C@]1(C)O3. The minimum Gasteiger partial charge on any atom is -0.465 e. The van der Waals surface area contributed by atoms with Crippen LogP contribution in [0.25, 0.3) is 0 Å². The number of aliphatic hydroxyl groups is 1. The van der Waals surface area contributed by atoms with Gasteiger partial charge >= 0.3 is 5.97 Å². The maximum absolute atomic E-state index is 14.6. The van der Waals surface area contributed by atoms with E-state index in [1.807, 2.05) is 13.0 Å². The number of likely N-dealkylation sites (tertiary alicyclic amines) is 1.